The summed E-state index contributed by atoms with van der Waals surface area (Å²) in [7, 11) is 0. The molecule has 9 N–H and O–H groups in total. The third-order valence-electron chi connectivity index (χ3n) is 6.60. The lowest BCUT2D eigenvalue weighted by Crippen LogP contribution is -2.59. The van der Waals surface area contributed by atoms with Crippen LogP contribution in [-0.2, 0) is 42.7 Å². The van der Waals surface area contributed by atoms with E-state index in [1.165, 1.54) is 0 Å². The zero-order valence-corrected chi connectivity index (χ0v) is 23.5. The first-order valence-corrected chi connectivity index (χ1v) is 13.7. The van der Waals surface area contributed by atoms with Crippen molar-refractivity contribution in [3.8, 4) is 0 Å². The summed E-state index contributed by atoms with van der Waals surface area (Å²) in [4.78, 5) is 35.3. The van der Waals surface area contributed by atoms with Crippen LogP contribution in [0.15, 0.2) is 0 Å². The number of carbonyl (C=O) groups excluding carboxylic acids is 3. The minimum atomic E-state index is -1.53. The highest BCUT2D eigenvalue weighted by Crippen LogP contribution is 2.33. The van der Waals surface area contributed by atoms with E-state index in [4.69, 9.17) is 44.0 Å². The molecule has 44 heavy (non-hydrogen) atoms. The van der Waals surface area contributed by atoms with Crippen LogP contribution in [0.4, 0.5) is 0 Å². The Hall–Kier alpha value is -2.89. The fourth-order valence-electron chi connectivity index (χ4n) is 4.22. The number of carbonyl (C=O) groups is 3. The lowest BCUT2D eigenvalue weighted by Gasteiger charge is -2.39. The minimum Gasteiger partial charge on any atom is -0.463 e. The molecule has 1 aromatic rings. The van der Waals surface area contributed by atoms with Crippen molar-refractivity contribution in [2.75, 3.05) is 52.9 Å². The summed E-state index contributed by atoms with van der Waals surface area (Å²) in [5.74, 6) is -2.37. The standard InChI is InChI=1S/C24H38N4O16/c25-23(37)16-15(26-28-27-16)22-20(35)18(33)12(43-22)10-42-14(31)2-1-13(30)40-7-5-38-3-4-39-6-8-41-24-21(36)19(34)17(32)11(9-29)44-24/h11-12,17-22,24,29,32-36H,1-10H2,(H2,25,37)(H,26,27,28)/t11-,12-,17+,18-,19+,20-,21-,22+,24-/m1/s1. The van der Waals surface area contributed by atoms with Crippen LogP contribution in [0.2, 0.25) is 0 Å². The number of nitrogens with zero attached hydrogens (tertiary/aromatic N) is 2. The van der Waals surface area contributed by atoms with Gasteiger partial charge in [-0.3, -0.25) is 14.4 Å². The van der Waals surface area contributed by atoms with Crippen molar-refractivity contribution in [2.24, 2.45) is 5.73 Å². The van der Waals surface area contributed by atoms with E-state index >= 15 is 0 Å². The Labute approximate surface area is 249 Å². The van der Waals surface area contributed by atoms with E-state index in [1.807, 2.05) is 0 Å². The first-order chi connectivity index (χ1) is 21.0. The highest BCUT2D eigenvalue weighted by atomic mass is 16.7. The van der Waals surface area contributed by atoms with Gasteiger partial charge in [-0.25, -0.2) is 0 Å². The largest absolute Gasteiger partial charge is 0.463 e. The van der Waals surface area contributed by atoms with Gasteiger partial charge in [0.1, 0.15) is 67.7 Å². The van der Waals surface area contributed by atoms with Gasteiger partial charge in [-0.2, -0.15) is 15.4 Å². The summed E-state index contributed by atoms with van der Waals surface area (Å²) in [6.07, 6.45) is -12.8. The number of aromatic nitrogens is 3. The molecule has 0 radical (unpaired) electrons. The van der Waals surface area contributed by atoms with Crippen molar-refractivity contribution >= 4 is 17.8 Å². The Morgan fingerprint density at radius 1 is 0.750 bits per heavy atom. The number of aliphatic hydroxyl groups excluding tert-OH is 6. The molecule has 0 spiro atoms. The molecular formula is C24H38N4O16. The van der Waals surface area contributed by atoms with Gasteiger partial charge in [0.05, 0.1) is 52.5 Å². The first kappa shape index (κ1) is 35.6. The quantitative estimate of drug-likeness (QED) is 0.0550. The molecule has 3 rings (SSSR count). The normalized spacial score (nSPS) is 30.3. The lowest BCUT2D eigenvalue weighted by atomic mass is 9.99. The van der Waals surface area contributed by atoms with E-state index in [9.17, 15) is 39.9 Å². The number of esters is 2. The summed E-state index contributed by atoms with van der Waals surface area (Å²) in [5, 5.41) is 68.4. The van der Waals surface area contributed by atoms with E-state index in [1.54, 1.807) is 0 Å². The fourth-order valence-corrected chi connectivity index (χ4v) is 4.22. The molecule has 3 heterocycles. The summed E-state index contributed by atoms with van der Waals surface area (Å²) in [6, 6.07) is 0. The average Bonchev–Trinajstić information content (AvgIpc) is 3.60. The number of amides is 1. The van der Waals surface area contributed by atoms with Crippen molar-refractivity contribution in [3.05, 3.63) is 11.4 Å². The van der Waals surface area contributed by atoms with Crippen LogP contribution in [-0.4, -0.2) is 166 Å². The molecule has 0 saturated carbocycles. The van der Waals surface area contributed by atoms with Crippen LogP contribution in [0.25, 0.3) is 0 Å². The van der Waals surface area contributed by atoms with E-state index in [0.717, 1.165) is 0 Å². The third kappa shape index (κ3) is 9.81. The van der Waals surface area contributed by atoms with Gasteiger partial charge in [0.15, 0.2) is 12.0 Å². The molecule has 0 bridgehead atoms. The number of rotatable bonds is 18. The zero-order chi connectivity index (χ0) is 32.2. The smallest absolute Gasteiger partial charge is 0.306 e. The summed E-state index contributed by atoms with van der Waals surface area (Å²) in [6.45, 7) is -0.619. The number of aromatic amines is 1. The number of hydrogen-bond acceptors (Lipinski definition) is 18. The number of primary amides is 1. The van der Waals surface area contributed by atoms with Gasteiger partial charge in [0, 0.05) is 0 Å². The highest BCUT2D eigenvalue weighted by Gasteiger charge is 2.47. The predicted octanol–water partition coefficient (Wildman–Crippen LogP) is -5.22. The van der Waals surface area contributed by atoms with Crippen LogP contribution >= 0.6 is 0 Å². The molecule has 2 fully saturated rings. The molecule has 0 unspecified atom stereocenters. The maximum absolute atomic E-state index is 12.0. The zero-order valence-electron chi connectivity index (χ0n) is 23.5. The maximum atomic E-state index is 12.0. The number of H-pyrrole nitrogens is 1. The molecule has 0 aromatic carbocycles. The third-order valence-corrected chi connectivity index (χ3v) is 6.60. The van der Waals surface area contributed by atoms with Crippen molar-refractivity contribution in [1.29, 1.82) is 0 Å². The Bertz CT molecular complexity index is 1060. The van der Waals surface area contributed by atoms with E-state index in [-0.39, 0.29) is 63.9 Å². The molecule has 20 heteroatoms. The Kier molecular flexibility index (Phi) is 14.2. The molecule has 1 amide bonds. The Morgan fingerprint density at radius 3 is 2.02 bits per heavy atom. The molecule has 20 nitrogen and oxygen atoms in total. The van der Waals surface area contributed by atoms with E-state index in [2.05, 4.69) is 15.4 Å². The van der Waals surface area contributed by atoms with Crippen molar-refractivity contribution < 1.29 is 78.2 Å². The average molecular weight is 639 g/mol. The summed E-state index contributed by atoms with van der Waals surface area (Å²) < 4.78 is 36.5. The Balaban J connectivity index is 1.18. The van der Waals surface area contributed by atoms with Crippen LogP contribution in [0.1, 0.15) is 35.1 Å². The number of hydrogen-bond donors (Lipinski definition) is 8. The fraction of sp³-hybridized carbons (Fsp3) is 0.792. The minimum absolute atomic E-state index is 0.0138. The number of nitrogens with one attached hydrogen (secondary N) is 1. The van der Waals surface area contributed by atoms with Crippen molar-refractivity contribution in [1.82, 2.24) is 15.4 Å². The van der Waals surface area contributed by atoms with Gasteiger partial charge < -0.3 is 69.5 Å². The van der Waals surface area contributed by atoms with E-state index < -0.39 is 86.2 Å². The number of ether oxygens (including phenoxy) is 7. The van der Waals surface area contributed by atoms with Crippen LogP contribution in [0.5, 0.6) is 0 Å². The molecule has 250 valence electrons. The molecule has 1 aromatic heterocycles. The summed E-state index contributed by atoms with van der Waals surface area (Å²) in [5.41, 5.74) is 4.83. The van der Waals surface area contributed by atoms with Crippen molar-refractivity contribution in [3.63, 3.8) is 0 Å². The lowest BCUT2D eigenvalue weighted by molar-refractivity contribution is -0.302. The van der Waals surface area contributed by atoms with Crippen LogP contribution in [0, 0.1) is 0 Å². The number of nitrogens with two attached hydrogens (primary N) is 1. The van der Waals surface area contributed by atoms with Gasteiger partial charge in [-0.05, 0) is 0 Å². The second kappa shape index (κ2) is 17.6. The molecule has 9 atom stereocenters. The van der Waals surface area contributed by atoms with Crippen LogP contribution < -0.4 is 5.73 Å². The second-order valence-electron chi connectivity index (χ2n) is 9.69. The highest BCUT2D eigenvalue weighted by molar-refractivity contribution is 5.91. The van der Waals surface area contributed by atoms with Crippen molar-refractivity contribution in [2.45, 2.75) is 68.0 Å². The van der Waals surface area contributed by atoms with Gasteiger partial charge in [0.2, 0.25) is 0 Å². The first-order valence-electron chi connectivity index (χ1n) is 13.7. The molecule has 2 aliphatic heterocycles. The molecular weight excluding hydrogens is 600 g/mol. The molecule has 0 aliphatic carbocycles. The van der Waals surface area contributed by atoms with Gasteiger partial charge >= 0.3 is 11.9 Å². The topological polar surface area (TPSA) is 305 Å². The number of aliphatic hydroxyl groups is 6. The monoisotopic (exact) mass is 638 g/mol. The summed E-state index contributed by atoms with van der Waals surface area (Å²) >= 11 is 0. The van der Waals surface area contributed by atoms with Gasteiger partial charge in [0.25, 0.3) is 5.91 Å². The van der Waals surface area contributed by atoms with E-state index in [0.29, 0.717) is 0 Å². The van der Waals surface area contributed by atoms with Gasteiger partial charge in [-0.1, -0.05) is 0 Å². The Morgan fingerprint density at radius 2 is 1.36 bits per heavy atom. The van der Waals surface area contributed by atoms with Gasteiger partial charge in [-0.15, -0.1) is 0 Å². The second-order valence-corrected chi connectivity index (χ2v) is 9.69. The van der Waals surface area contributed by atoms with Crippen LogP contribution in [0.3, 0.4) is 0 Å². The molecule has 2 saturated heterocycles. The molecule has 2 aliphatic rings. The SMILES string of the molecule is NC(=O)c1n[nH]nc1[C@@H]1O[C@H](COC(=O)CCC(=O)OCCOCCOCCO[C@@H]2O[C@H](CO)[C@H](O)[C@H](O)[C@H]2O)[C@@H](O)[C@H]1O. The predicted molar refractivity (Wildman–Crippen MR) is 137 cm³/mol. The maximum Gasteiger partial charge on any atom is 0.306 e.